The number of benzene rings is 1. The molecule has 0 amide bonds. The number of rotatable bonds is 3. The number of fused-ring (bicyclic) bond motifs is 1. The fraction of sp³-hybridized carbons (Fsp3) is 0.400. The van der Waals surface area contributed by atoms with E-state index in [1.54, 1.807) is 12.1 Å². The van der Waals surface area contributed by atoms with Gasteiger partial charge in [-0.25, -0.2) is 4.98 Å². The maximum Gasteiger partial charge on any atom is 0.416 e. The first-order valence-corrected chi connectivity index (χ1v) is 9.31. The van der Waals surface area contributed by atoms with Crippen LogP contribution in [0.15, 0.2) is 28.7 Å². The van der Waals surface area contributed by atoms with E-state index in [9.17, 15) is 23.4 Å². The number of hydrogen-bond acceptors (Lipinski definition) is 6. The lowest BCUT2D eigenvalue weighted by atomic mass is 9.98. The third-order valence-electron chi connectivity index (χ3n) is 5.28. The molecule has 2 N–H and O–H groups in total. The molecule has 1 saturated heterocycles. The molecular weight excluding hydrogens is 387 g/mol. The van der Waals surface area contributed by atoms with E-state index in [0.717, 1.165) is 18.9 Å². The van der Waals surface area contributed by atoms with Crippen LogP contribution in [-0.2, 0) is 6.18 Å². The van der Waals surface area contributed by atoms with Crippen LogP contribution in [0.1, 0.15) is 24.0 Å². The largest absolute Gasteiger partial charge is 0.507 e. The number of anilines is 1. The number of oxazole rings is 1. The monoisotopic (exact) mass is 407 g/mol. The number of aliphatic hydroxyl groups is 1. The van der Waals surface area contributed by atoms with E-state index in [4.69, 9.17) is 4.42 Å². The summed E-state index contributed by atoms with van der Waals surface area (Å²) < 4.78 is 44.6. The smallest absolute Gasteiger partial charge is 0.416 e. The van der Waals surface area contributed by atoms with E-state index < -0.39 is 17.5 Å². The van der Waals surface area contributed by atoms with E-state index in [1.807, 2.05) is 4.90 Å². The summed E-state index contributed by atoms with van der Waals surface area (Å²) in [6.45, 7) is 3.09. The minimum atomic E-state index is -4.54. The lowest BCUT2D eigenvalue weighted by Gasteiger charge is -2.29. The van der Waals surface area contributed by atoms with Crippen molar-refractivity contribution in [3.63, 3.8) is 0 Å². The summed E-state index contributed by atoms with van der Waals surface area (Å²) in [5.74, 6) is -0.204. The van der Waals surface area contributed by atoms with Gasteiger partial charge in [-0.2, -0.15) is 18.2 Å². The molecule has 1 aliphatic rings. The van der Waals surface area contributed by atoms with Crippen molar-refractivity contribution in [1.82, 2.24) is 9.97 Å². The predicted molar refractivity (Wildman–Crippen MR) is 101 cm³/mol. The summed E-state index contributed by atoms with van der Waals surface area (Å²) in [6.07, 6.45) is -2.86. The van der Waals surface area contributed by atoms with Crippen LogP contribution in [0.25, 0.3) is 22.5 Å². The van der Waals surface area contributed by atoms with Gasteiger partial charge in [0.25, 0.3) is 6.01 Å². The average Bonchev–Trinajstić information content (AvgIpc) is 3.10. The number of aliphatic hydroxyl groups excluding tert-OH is 1. The minimum absolute atomic E-state index is 0.169. The molecule has 29 heavy (non-hydrogen) atoms. The second-order valence-corrected chi connectivity index (χ2v) is 7.31. The molecule has 0 spiro atoms. The molecule has 3 aromatic rings. The van der Waals surface area contributed by atoms with Gasteiger partial charge in [0.05, 0.1) is 11.3 Å². The highest BCUT2D eigenvalue weighted by atomic mass is 19.4. The van der Waals surface area contributed by atoms with Crippen molar-refractivity contribution >= 4 is 17.2 Å². The van der Waals surface area contributed by atoms with Crippen LogP contribution in [0.4, 0.5) is 19.2 Å². The molecular formula is C20H20F3N3O3. The first kappa shape index (κ1) is 19.5. The Morgan fingerprint density at radius 2 is 1.90 bits per heavy atom. The first-order valence-electron chi connectivity index (χ1n) is 9.31. The van der Waals surface area contributed by atoms with Crippen molar-refractivity contribution in [2.45, 2.75) is 25.9 Å². The molecule has 0 bridgehead atoms. The van der Waals surface area contributed by atoms with Gasteiger partial charge in [-0.3, -0.25) is 0 Å². The van der Waals surface area contributed by atoms with Crippen LogP contribution in [-0.4, -0.2) is 39.9 Å². The van der Waals surface area contributed by atoms with Crippen LogP contribution < -0.4 is 4.90 Å². The maximum absolute atomic E-state index is 12.9. The maximum atomic E-state index is 12.9. The number of halogens is 3. The lowest BCUT2D eigenvalue weighted by molar-refractivity contribution is -0.137. The molecule has 0 aliphatic carbocycles. The number of aromatic nitrogens is 2. The molecule has 154 valence electrons. The van der Waals surface area contributed by atoms with E-state index in [-0.39, 0.29) is 23.7 Å². The number of pyridine rings is 1. The SMILES string of the molecule is Cc1cc(C(F)(F)F)cc(O)c1-c1ccc2oc(N3CCC(CO)CC3)nc2n1. The second kappa shape index (κ2) is 7.22. The Labute approximate surface area is 164 Å². The second-order valence-electron chi connectivity index (χ2n) is 7.31. The molecule has 1 fully saturated rings. The van der Waals surface area contributed by atoms with Crippen LogP contribution in [0.2, 0.25) is 0 Å². The van der Waals surface area contributed by atoms with Gasteiger partial charge in [-0.1, -0.05) is 0 Å². The summed E-state index contributed by atoms with van der Waals surface area (Å²) in [5.41, 5.74) is 0.678. The third-order valence-corrected chi connectivity index (χ3v) is 5.28. The molecule has 3 heterocycles. The van der Waals surface area contributed by atoms with Crippen LogP contribution in [0, 0.1) is 12.8 Å². The van der Waals surface area contributed by atoms with Crippen LogP contribution in [0.5, 0.6) is 5.75 Å². The third kappa shape index (κ3) is 3.74. The van der Waals surface area contributed by atoms with Gasteiger partial charge in [-0.15, -0.1) is 0 Å². The Morgan fingerprint density at radius 1 is 1.17 bits per heavy atom. The number of hydrogen-bond donors (Lipinski definition) is 2. The quantitative estimate of drug-likeness (QED) is 0.679. The summed E-state index contributed by atoms with van der Waals surface area (Å²) >= 11 is 0. The molecule has 6 nitrogen and oxygen atoms in total. The Balaban J connectivity index is 1.66. The van der Waals surface area contributed by atoms with Gasteiger partial charge in [-0.05, 0) is 55.5 Å². The van der Waals surface area contributed by atoms with Crippen molar-refractivity contribution in [1.29, 1.82) is 0 Å². The number of aryl methyl sites for hydroxylation is 1. The number of nitrogens with zero attached hydrogens (tertiary/aromatic N) is 3. The molecule has 4 rings (SSSR count). The summed E-state index contributed by atoms with van der Waals surface area (Å²) in [5, 5.41) is 19.5. The molecule has 1 aliphatic heterocycles. The predicted octanol–water partition coefficient (Wildman–Crippen LogP) is 4.13. The molecule has 0 unspecified atom stereocenters. The van der Waals surface area contributed by atoms with Crippen molar-refractivity contribution in [2.75, 3.05) is 24.6 Å². The Kier molecular flexibility index (Phi) is 4.85. The van der Waals surface area contributed by atoms with Gasteiger partial charge in [0.15, 0.2) is 5.58 Å². The van der Waals surface area contributed by atoms with Crippen molar-refractivity contribution in [2.24, 2.45) is 5.92 Å². The number of alkyl halides is 3. The highest BCUT2D eigenvalue weighted by Gasteiger charge is 2.32. The zero-order valence-electron chi connectivity index (χ0n) is 15.7. The van der Waals surface area contributed by atoms with Crippen molar-refractivity contribution in [3.05, 3.63) is 35.4 Å². The fourth-order valence-electron chi connectivity index (χ4n) is 3.65. The van der Waals surface area contributed by atoms with Gasteiger partial charge in [0.2, 0.25) is 5.65 Å². The Morgan fingerprint density at radius 3 is 2.52 bits per heavy atom. The topological polar surface area (TPSA) is 82.6 Å². The summed E-state index contributed by atoms with van der Waals surface area (Å²) in [4.78, 5) is 10.8. The minimum Gasteiger partial charge on any atom is -0.507 e. The molecule has 0 atom stereocenters. The van der Waals surface area contributed by atoms with Gasteiger partial charge >= 0.3 is 6.18 Å². The van der Waals surface area contributed by atoms with E-state index >= 15 is 0 Å². The Bertz CT molecular complexity index is 1020. The van der Waals surface area contributed by atoms with Crippen molar-refractivity contribution < 1.29 is 27.8 Å². The lowest BCUT2D eigenvalue weighted by Crippen LogP contribution is -2.34. The van der Waals surface area contributed by atoms with E-state index in [2.05, 4.69) is 9.97 Å². The zero-order valence-corrected chi connectivity index (χ0v) is 15.7. The standard InChI is InChI=1S/C20H20F3N3O3/c1-11-8-13(20(21,22)23)9-15(28)17(11)14-2-3-16-18(24-14)25-19(29-16)26-6-4-12(10-27)5-7-26/h2-3,8-9,12,27-28H,4-7,10H2,1H3. The highest BCUT2D eigenvalue weighted by molar-refractivity contribution is 5.78. The van der Waals surface area contributed by atoms with Crippen LogP contribution >= 0.6 is 0 Å². The molecule has 0 saturated carbocycles. The summed E-state index contributed by atoms with van der Waals surface area (Å²) in [7, 11) is 0. The first-order chi connectivity index (χ1) is 13.8. The number of piperidine rings is 1. The Hall–Kier alpha value is -2.81. The average molecular weight is 407 g/mol. The van der Waals surface area contributed by atoms with E-state index in [1.165, 1.54) is 6.92 Å². The molecule has 9 heteroatoms. The van der Waals surface area contributed by atoms with Crippen LogP contribution in [0.3, 0.4) is 0 Å². The fourth-order valence-corrected chi connectivity index (χ4v) is 3.65. The zero-order chi connectivity index (χ0) is 20.8. The van der Waals surface area contributed by atoms with Gasteiger partial charge < -0.3 is 19.5 Å². The molecule has 1 aromatic carbocycles. The number of aromatic hydroxyl groups is 1. The summed E-state index contributed by atoms with van der Waals surface area (Å²) in [6, 6.07) is 5.35. The number of phenols is 1. The molecule has 2 aromatic heterocycles. The van der Waals surface area contributed by atoms with Gasteiger partial charge in [0, 0.05) is 25.3 Å². The molecule has 0 radical (unpaired) electrons. The normalized spacial score (nSPS) is 16.0. The van der Waals surface area contributed by atoms with Crippen molar-refractivity contribution in [3.8, 4) is 17.0 Å². The highest BCUT2D eigenvalue weighted by Crippen LogP contribution is 2.39. The number of phenolic OH excluding ortho intramolecular Hbond substituents is 1. The van der Waals surface area contributed by atoms with Gasteiger partial charge in [0.1, 0.15) is 5.75 Å². The van der Waals surface area contributed by atoms with E-state index in [0.29, 0.717) is 42.1 Å².